The van der Waals surface area contributed by atoms with E-state index in [1.54, 1.807) is 38.4 Å². The molecule has 0 radical (unpaired) electrons. The molecule has 24 heavy (non-hydrogen) atoms. The number of hydrogen-bond donors (Lipinski definition) is 2. The predicted octanol–water partition coefficient (Wildman–Crippen LogP) is 0.390. The van der Waals surface area contributed by atoms with E-state index >= 15 is 0 Å². The Morgan fingerprint density at radius 1 is 1.21 bits per heavy atom. The van der Waals surface area contributed by atoms with E-state index in [-0.39, 0.29) is 36.3 Å². The van der Waals surface area contributed by atoms with Gasteiger partial charge in [0.2, 0.25) is 15.9 Å². The lowest BCUT2D eigenvalue weighted by Crippen LogP contribution is -2.40. The third-order valence-electron chi connectivity index (χ3n) is 3.26. The van der Waals surface area contributed by atoms with Crippen molar-refractivity contribution in [3.63, 3.8) is 0 Å². The maximum absolute atomic E-state index is 12.1. The van der Waals surface area contributed by atoms with Crippen LogP contribution in [0.2, 0.25) is 0 Å². The van der Waals surface area contributed by atoms with Gasteiger partial charge in [-0.1, -0.05) is 17.7 Å². The highest BCUT2D eigenvalue weighted by atomic mass is 35.5. The Balaban J connectivity index is 0.00000529. The molecule has 0 fully saturated rings. The van der Waals surface area contributed by atoms with Gasteiger partial charge < -0.3 is 15.0 Å². The number of likely N-dealkylation sites (N-methyl/N-ethyl adjacent to an activating group) is 1. The lowest BCUT2D eigenvalue weighted by molar-refractivity contribution is -0.128. The molecular weight excluding hydrogens is 354 g/mol. The van der Waals surface area contributed by atoms with E-state index in [2.05, 4.69) is 10.0 Å². The molecule has 0 spiro atoms. The molecular formula is C15H26ClN3O4S. The molecule has 9 heteroatoms. The molecule has 0 aliphatic carbocycles. The average Bonchev–Trinajstić information content (AvgIpc) is 2.51. The van der Waals surface area contributed by atoms with Crippen LogP contribution in [0.3, 0.4) is 0 Å². The topological polar surface area (TPSA) is 87.7 Å². The molecule has 0 aliphatic rings. The van der Waals surface area contributed by atoms with Crippen molar-refractivity contribution in [2.45, 2.75) is 11.8 Å². The van der Waals surface area contributed by atoms with Gasteiger partial charge in [0, 0.05) is 33.8 Å². The molecule has 0 saturated heterocycles. The molecule has 0 aromatic heterocycles. The largest absolute Gasteiger partial charge is 0.383 e. The van der Waals surface area contributed by atoms with Gasteiger partial charge >= 0.3 is 0 Å². The van der Waals surface area contributed by atoms with E-state index in [1.165, 1.54) is 4.90 Å². The van der Waals surface area contributed by atoms with E-state index in [9.17, 15) is 13.2 Å². The van der Waals surface area contributed by atoms with E-state index in [0.717, 1.165) is 5.56 Å². The minimum atomic E-state index is -3.54. The summed E-state index contributed by atoms with van der Waals surface area (Å²) in [5.74, 6) is -0.101. The lowest BCUT2D eigenvalue weighted by Gasteiger charge is -2.18. The van der Waals surface area contributed by atoms with Crippen LogP contribution in [0.4, 0.5) is 0 Å². The number of carbonyl (C=O) groups excluding carboxylic acids is 1. The summed E-state index contributed by atoms with van der Waals surface area (Å²) in [6.45, 7) is 3.69. The highest BCUT2D eigenvalue weighted by molar-refractivity contribution is 7.89. The van der Waals surface area contributed by atoms with Crippen LogP contribution in [0, 0.1) is 6.92 Å². The fraction of sp³-hybridized carbons (Fsp3) is 0.533. The number of hydrogen-bond acceptors (Lipinski definition) is 5. The monoisotopic (exact) mass is 379 g/mol. The molecule has 138 valence electrons. The van der Waals surface area contributed by atoms with Gasteiger partial charge in [0.15, 0.2) is 0 Å². The lowest BCUT2D eigenvalue weighted by atomic mass is 10.2. The molecule has 0 heterocycles. The highest BCUT2D eigenvalue weighted by Crippen LogP contribution is 2.09. The summed E-state index contributed by atoms with van der Waals surface area (Å²) in [5.41, 5.74) is 0.996. The Kier molecular flexibility index (Phi) is 10.8. The van der Waals surface area contributed by atoms with E-state index in [1.807, 2.05) is 6.92 Å². The fourth-order valence-corrected chi connectivity index (χ4v) is 2.80. The van der Waals surface area contributed by atoms with Gasteiger partial charge in [-0.05, 0) is 19.1 Å². The van der Waals surface area contributed by atoms with Crippen LogP contribution in [-0.2, 0) is 19.6 Å². The van der Waals surface area contributed by atoms with Crippen LogP contribution < -0.4 is 10.0 Å². The Morgan fingerprint density at radius 2 is 1.83 bits per heavy atom. The van der Waals surface area contributed by atoms with Crippen LogP contribution in [-0.4, -0.2) is 66.2 Å². The summed E-state index contributed by atoms with van der Waals surface area (Å²) in [6.07, 6.45) is 0. The average molecular weight is 380 g/mol. The molecule has 2 N–H and O–H groups in total. The minimum Gasteiger partial charge on any atom is -0.383 e. The first-order valence-corrected chi connectivity index (χ1v) is 8.85. The Labute approximate surface area is 150 Å². The third-order valence-corrected chi connectivity index (χ3v) is 4.73. The highest BCUT2D eigenvalue weighted by Gasteiger charge is 2.14. The smallest absolute Gasteiger partial charge is 0.240 e. The van der Waals surface area contributed by atoms with Crippen LogP contribution in [0.15, 0.2) is 29.2 Å². The normalized spacial score (nSPS) is 11.0. The maximum Gasteiger partial charge on any atom is 0.240 e. The van der Waals surface area contributed by atoms with Gasteiger partial charge in [-0.3, -0.25) is 4.79 Å². The third kappa shape index (κ3) is 8.07. The summed E-state index contributed by atoms with van der Waals surface area (Å²) in [4.78, 5) is 13.5. The number of aryl methyl sites for hydroxylation is 1. The maximum atomic E-state index is 12.1. The number of sulfonamides is 1. The Morgan fingerprint density at radius 3 is 2.42 bits per heavy atom. The first-order chi connectivity index (χ1) is 10.9. The molecule has 0 unspecified atom stereocenters. The number of ether oxygens (including phenoxy) is 1. The fourth-order valence-electron chi connectivity index (χ4n) is 1.78. The van der Waals surface area contributed by atoms with E-state index in [0.29, 0.717) is 19.7 Å². The zero-order chi connectivity index (χ0) is 17.3. The number of nitrogens with zero attached hydrogens (tertiary/aromatic N) is 1. The number of amides is 1. The molecule has 0 saturated carbocycles. The molecule has 1 rings (SSSR count). The van der Waals surface area contributed by atoms with Crippen molar-refractivity contribution in [3.8, 4) is 0 Å². The first kappa shape index (κ1) is 22.8. The summed E-state index contributed by atoms with van der Waals surface area (Å²) >= 11 is 0. The predicted molar refractivity (Wildman–Crippen MR) is 96.0 cm³/mol. The number of nitrogens with one attached hydrogen (secondary N) is 2. The van der Waals surface area contributed by atoms with Crippen molar-refractivity contribution in [2.24, 2.45) is 0 Å². The van der Waals surface area contributed by atoms with Crippen LogP contribution in [0.1, 0.15) is 5.56 Å². The molecule has 7 nitrogen and oxygen atoms in total. The number of halogens is 1. The molecule has 1 aromatic rings. The van der Waals surface area contributed by atoms with Crippen molar-refractivity contribution in [1.82, 2.24) is 14.9 Å². The minimum absolute atomic E-state index is 0. The summed E-state index contributed by atoms with van der Waals surface area (Å²) < 4.78 is 31.6. The van der Waals surface area contributed by atoms with Crippen LogP contribution in [0.25, 0.3) is 0 Å². The molecule has 0 atom stereocenters. The van der Waals surface area contributed by atoms with E-state index < -0.39 is 10.0 Å². The molecule has 0 bridgehead atoms. The second-order valence-corrected chi connectivity index (χ2v) is 6.96. The van der Waals surface area contributed by atoms with Crippen LogP contribution >= 0.6 is 12.4 Å². The molecule has 1 aromatic carbocycles. The van der Waals surface area contributed by atoms with Gasteiger partial charge in [-0.15, -0.1) is 12.4 Å². The molecule has 1 amide bonds. The second-order valence-electron chi connectivity index (χ2n) is 5.20. The van der Waals surface area contributed by atoms with Gasteiger partial charge in [0.25, 0.3) is 0 Å². The van der Waals surface area contributed by atoms with Gasteiger partial charge in [0.05, 0.1) is 18.0 Å². The van der Waals surface area contributed by atoms with E-state index in [4.69, 9.17) is 4.74 Å². The summed E-state index contributed by atoms with van der Waals surface area (Å²) in [6, 6.07) is 6.62. The van der Waals surface area contributed by atoms with Crippen molar-refractivity contribution in [2.75, 3.05) is 46.9 Å². The quantitative estimate of drug-likeness (QED) is 0.574. The summed E-state index contributed by atoms with van der Waals surface area (Å²) in [7, 11) is -0.310. The van der Waals surface area contributed by atoms with Gasteiger partial charge in [-0.2, -0.15) is 0 Å². The summed E-state index contributed by atoms with van der Waals surface area (Å²) in [5, 5.41) is 2.95. The SMILES string of the molecule is COCCNCC(=O)N(C)CCNS(=O)(=O)c1ccc(C)cc1.Cl. The number of methoxy groups -OCH3 is 1. The zero-order valence-electron chi connectivity index (χ0n) is 14.2. The van der Waals surface area contributed by atoms with Gasteiger partial charge in [-0.25, -0.2) is 13.1 Å². The number of rotatable bonds is 10. The van der Waals surface area contributed by atoms with Crippen LogP contribution in [0.5, 0.6) is 0 Å². The van der Waals surface area contributed by atoms with Crippen molar-refractivity contribution in [3.05, 3.63) is 29.8 Å². The second kappa shape index (κ2) is 11.4. The first-order valence-electron chi connectivity index (χ1n) is 7.37. The Bertz CT molecular complexity index is 593. The zero-order valence-corrected chi connectivity index (χ0v) is 15.9. The number of benzene rings is 1. The molecule has 0 aliphatic heterocycles. The van der Waals surface area contributed by atoms with Crippen molar-refractivity contribution >= 4 is 28.3 Å². The van der Waals surface area contributed by atoms with Crippen molar-refractivity contribution < 1.29 is 17.9 Å². The van der Waals surface area contributed by atoms with Gasteiger partial charge in [0.1, 0.15) is 0 Å². The number of carbonyl (C=O) groups is 1. The van der Waals surface area contributed by atoms with Crippen molar-refractivity contribution in [1.29, 1.82) is 0 Å². The standard InChI is InChI=1S/C15H25N3O4S.ClH/c1-13-4-6-14(7-5-13)23(20,21)17-8-10-18(2)15(19)12-16-9-11-22-3;/h4-7,16-17H,8-12H2,1-3H3;1H. The Hall–Kier alpha value is -1.19.